The van der Waals surface area contributed by atoms with Gasteiger partial charge in [0.15, 0.2) is 5.82 Å². The van der Waals surface area contributed by atoms with Gasteiger partial charge in [0, 0.05) is 29.3 Å². The second kappa shape index (κ2) is 6.10. The molecule has 0 unspecified atom stereocenters. The number of nitrogen functional groups attached to an aromatic ring is 1. The fraction of sp³-hybridized carbons (Fsp3) is 0.0714. The molecule has 22 heavy (non-hydrogen) atoms. The van der Waals surface area contributed by atoms with Crippen LogP contribution in [0.4, 0.5) is 8.78 Å². The van der Waals surface area contributed by atoms with Crippen molar-refractivity contribution in [1.29, 1.82) is 0 Å². The molecule has 8 heteroatoms. The number of nitrogens with two attached hydrogens (primary N) is 1. The quantitative estimate of drug-likeness (QED) is 0.591. The van der Waals surface area contributed by atoms with Gasteiger partial charge in [0.25, 0.3) is 0 Å². The number of hydrogen-bond acceptors (Lipinski definition) is 5. The van der Waals surface area contributed by atoms with Crippen LogP contribution in [-0.4, -0.2) is 19.9 Å². The van der Waals surface area contributed by atoms with Crippen LogP contribution >= 0.6 is 11.8 Å². The maximum atomic E-state index is 13.6. The van der Waals surface area contributed by atoms with Gasteiger partial charge in [0.05, 0.1) is 0 Å². The number of thioether (sulfide) groups is 1. The Morgan fingerprint density at radius 3 is 2.82 bits per heavy atom. The Bertz CT molecular complexity index is 791. The number of aromatic nitrogens is 4. The van der Waals surface area contributed by atoms with E-state index in [9.17, 15) is 8.78 Å². The number of rotatable bonds is 4. The highest BCUT2D eigenvalue weighted by atomic mass is 32.2. The van der Waals surface area contributed by atoms with Gasteiger partial charge in [0.2, 0.25) is 5.16 Å². The van der Waals surface area contributed by atoms with Crippen LogP contribution in [0, 0.1) is 11.6 Å². The summed E-state index contributed by atoms with van der Waals surface area (Å²) < 4.78 is 28.0. The number of nitrogens with zero attached hydrogens (tertiary/aromatic N) is 4. The standard InChI is InChI=1S/C14H11F2N5S/c15-11-3-4-12(16)10(6-11)8-22-14-20-19-13(21(14)17)9-2-1-5-18-7-9/h1-7H,8,17H2. The summed E-state index contributed by atoms with van der Waals surface area (Å²) in [5.74, 6) is 5.64. The van der Waals surface area contributed by atoms with Crippen molar-refractivity contribution in [3.8, 4) is 11.4 Å². The van der Waals surface area contributed by atoms with Gasteiger partial charge < -0.3 is 5.84 Å². The fourth-order valence-electron chi connectivity index (χ4n) is 1.86. The van der Waals surface area contributed by atoms with Gasteiger partial charge in [-0.1, -0.05) is 11.8 Å². The third-order valence-electron chi connectivity index (χ3n) is 2.95. The molecule has 0 saturated carbocycles. The summed E-state index contributed by atoms with van der Waals surface area (Å²) in [6.45, 7) is 0. The minimum Gasteiger partial charge on any atom is -0.335 e. The van der Waals surface area contributed by atoms with E-state index in [1.807, 2.05) is 0 Å². The maximum absolute atomic E-state index is 13.6. The summed E-state index contributed by atoms with van der Waals surface area (Å²) in [6.07, 6.45) is 3.26. The van der Waals surface area contributed by atoms with E-state index in [-0.39, 0.29) is 11.3 Å². The molecule has 0 aliphatic rings. The molecule has 0 amide bonds. The molecule has 0 fully saturated rings. The molecule has 5 nitrogen and oxygen atoms in total. The molecule has 1 aromatic carbocycles. The van der Waals surface area contributed by atoms with Crippen molar-refractivity contribution in [2.75, 3.05) is 5.84 Å². The maximum Gasteiger partial charge on any atom is 0.210 e. The lowest BCUT2D eigenvalue weighted by Gasteiger charge is -2.04. The van der Waals surface area contributed by atoms with E-state index >= 15 is 0 Å². The van der Waals surface area contributed by atoms with Gasteiger partial charge >= 0.3 is 0 Å². The molecule has 0 aliphatic heterocycles. The average molecular weight is 319 g/mol. The van der Waals surface area contributed by atoms with Crippen LogP contribution < -0.4 is 5.84 Å². The molecule has 2 aromatic heterocycles. The molecule has 2 N–H and O–H groups in total. The molecule has 0 saturated heterocycles. The Hall–Kier alpha value is -2.48. The summed E-state index contributed by atoms with van der Waals surface area (Å²) >= 11 is 1.18. The molecule has 112 valence electrons. The molecular formula is C14H11F2N5S. The summed E-state index contributed by atoms with van der Waals surface area (Å²) in [4.78, 5) is 3.99. The van der Waals surface area contributed by atoms with Gasteiger partial charge in [-0.2, -0.15) is 0 Å². The molecule has 0 atom stereocenters. The van der Waals surface area contributed by atoms with Crippen molar-refractivity contribution < 1.29 is 8.78 Å². The highest BCUT2D eigenvalue weighted by molar-refractivity contribution is 7.98. The third kappa shape index (κ3) is 2.91. The van der Waals surface area contributed by atoms with Crippen molar-refractivity contribution in [3.63, 3.8) is 0 Å². The van der Waals surface area contributed by atoms with Crippen LogP contribution in [0.15, 0.2) is 47.9 Å². The zero-order chi connectivity index (χ0) is 15.5. The van der Waals surface area contributed by atoms with E-state index < -0.39 is 11.6 Å². The predicted octanol–water partition coefficient (Wildman–Crippen LogP) is 2.62. The van der Waals surface area contributed by atoms with Crippen molar-refractivity contribution in [3.05, 3.63) is 59.9 Å². The highest BCUT2D eigenvalue weighted by Gasteiger charge is 2.13. The summed E-state index contributed by atoms with van der Waals surface area (Å²) in [7, 11) is 0. The largest absolute Gasteiger partial charge is 0.335 e. The first kappa shape index (κ1) is 14.5. The Morgan fingerprint density at radius 2 is 2.05 bits per heavy atom. The van der Waals surface area contributed by atoms with E-state index in [1.165, 1.54) is 16.4 Å². The van der Waals surface area contributed by atoms with Crippen LogP contribution in [0.2, 0.25) is 0 Å². The van der Waals surface area contributed by atoms with Gasteiger partial charge in [-0.05, 0) is 30.3 Å². The number of hydrogen-bond donors (Lipinski definition) is 1. The van der Waals surface area contributed by atoms with Crippen molar-refractivity contribution in [2.45, 2.75) is 10.9 Å². The molecule has 3 aromatic rings. The monoisotopic (exact) mass is 319 g/mol. The first-order chi connectivity index (χ1) is 10.6. The average Bonchev–Trinajstić information content (AvgIpc) is 2.90. The van der Waals surface area contributed by atoms with Crippen LogP contribution in [0.1, 0.15) is 5.56 Å². The van der Waals surface area contributed by atoms with E-state index in [2.05, 4.69) is 15.2 Å². The molecule has 0 aliphatic carbocycles. The Balaban J connectivity index is 1.80. The van der Waals surface area contributed by atoms with Crippen LogP contribution in [0.3, 0.4) is 0 Å². The first-order valence-corrected chi connectivity index (χ1v) is 7.31. The lowest BCUT2D eigenvalue weighted by Crippen LogP contribution is -2.11. The minimum absolute atomic E-state index is 0.200. The minimum atomic E-state index is -0.484. The van der Waals surface area contributed by atoms with Crippen LogP contribution in [-0.2, 0) is 5.75 Å². The lowest BCUT2D eigenvalue weighted by atomic mass is 10.2. The van der Waals surface area contributed by atoms with Crippen LogP contribution in [0.5, 0.6) is 0 Å². The van der Waals surface area contributed by atoms with Gasteiger partial charge in [0.1, 0.15) is 11.6 Å². The predicted molar refractivity (Wildman–Crippen MR) is 79.3 cm³/mol. The second-order valence-electron chi connectivity index (χ2n) is 4.44. The fourth-order valence-corrected chi connectivity index (χ4v) is 2.69. The van der Waals surface area contributed by atoms with Crippen molar-refractivity contribution >= 4 is 11.8 Å². The van der Waals surface area contributed by atoms with Gasteiger partial charge in [-0.25, -0.2) is 13.5 Å². The summed E-state index contributed by atoms with van der Waals surface area (Å²) in [6, 6.07) is 6.90. The highest BCUT2D eigenvalue weighted by Crippen LogP contribution is 2.25. The summed E-state index contributed by atoms with van der Waals surface area (Å²) in [5, 5.41) is 8.37. The van der Waals surface area contributed by atoms with Gasteiger partial charge in [-0.3, -0.25) is 4.98 Å². The zero-order valence-electron chi connectivity index (χ0n) is 11.3. The topological polar surface area (TPSA) is 69.6 Å². The molecule has 3 rings (SSSR count). The van der Waals surface area contributed by atoms with E-state index in [0.29, 0.717) is 11.0 Å². The Kier molecular flexibility index (Phi) is 4.01. The number of benzene rings is 1. The van der Waals surface area contributed by atoms with Crippen molar-refractivity contribution in [2.24, 2.45) is 0 Å². The Morgan fingerprint density at radius 1 is 1.18 bits per heavy atom. The van der Waals surface area contributed by atoms with Crippen molar-refractivity contribution in [1.82, 2.24) is 19.9 Å². The normalized spacial score (nSPS) is 10.8. The van der Waals surface area contributed by atoms with Gasteiger partial charge in [-0.15, -0.1) is 10.2 Å². The number of pyridine rings is 1. The van der Waals surface area contributed by atoms with Crippen LogP contribution in [0.25, 0.3) is 11.4 Å². The second-order valence-corrected chi connectivity index (χ2v) is 5.38. The molecule has 2 heterocycles. The summed E-state index contributed by atoms with van der Waals surface area (Å²) in [5.41, 5.74) is 0.970. The number of halogens is 2. The smallest absolute Gasteiger partial charge is 0.210 e. The van der Waals surface area contributed by atoms with E-state index in [1.54, 1.807) is 24.5 Å². The molecular weight excluding hydrogens is 308 g/mol. The Labute approximate surface area is 129 Å². The molecule has 0 radical (unpaired) electrons. The SMILES string of the molecule is Nn1c(SCc2cc(F)ccc2F)nnc1-c1cccnc1. The molecule has 0 spiro atoms. The van der Waals surface area contributed by atoms with E-state index in [0.717, 1.165) is 23.8 Å². The first-order valence-electron chi connectivity index (χ1n) is 6.33. The zero-order valence-corrected chi connectivity index (χ0v) is 12.1. The van der Waals surface area contributed by atoms with E-state index in [4.69, 9.17) is 5.84 Å². The third-order valence-corrected chi connectivity index (χ3v) is 3.94. The molecule has 0 bridgehead atoms. The lowest BCUT2D eigenvalue weighted by molar-refractivity contribution is 0.591.